The van der Waals surface area contributed by atoms with Gasteiger partial charge in [-0.25, -0.2) is 8.42 Å². The van der Waals surface area contributed by atoms with E-state index in [-0.39, 0.29) is 22.7 Å². The highest BCUT2D eigenvalue weighted by atomic mass is 32.2. The molecule has 0 aromatic heterocycles. The summed E-state index contributed by atoms with van der Waals surface area (Å²) < 4.78 is 22.8. The van der Waals surface area contributed by atoms with Gasteiger partial charge in [-0.3, -0.25) is 4.79 Å². The van der Waals surface area contributed by atoms with Crippen molar-refractivity contribution in [1.29, 1.82) is 0 Å². The highest BCUT2D eigenvalue weighted by Gasteiger charge is 2.13. The summed E-state index contributed by atoms with van der Waals surface area (Å²) in [5.41, 5.74) is 5.90. The number of benzene rings is 1. The summed E-state index contributed by atoms with van der Waals surface area (Å²) in [6.07, 6.45) is 0.364. The number of anilines is 1. The number of nitrogen functional groups attached to an aromatic ring is 1. The second-order valence-corrected chi connectivity index (χ2v) is 6.14. The number of carbonyl (C=O) groups excluding carboxylic acids is 1. The predicted molar refractivity (Wildman–Crippen MR) is 68.0 cm³/mol. The first-order valence-corrected chi connectivity index (χ1v) is 7.16. The number of hydrogen-bond donors (Lipinski definition) is 3. The lowest BCUT2D eigenvalue weighted by atomic mass is 10.2. The molecule has 1 atom stereocenters. The molecule has 0 aliphatic heterocycles. The van der Waals surface area contributed by atoms with E-state index < -0.39 is 21.8 Å². The molecule has 100 valence electrons. The fourth-order valence-electron chi connectivity index (χ4n) is 1.31. The zero-order valence-corrected chi connectivity index (χ0v) is 11.0. The van der Waals surface area contributed by atoms with Gasteiger partial charge in [0, 0.05) is 24.1 Å². The second kappa shape index (κ2) is 5.36. The number of nitrogens with two attached hydrogens (primary N) is 1. The Labute approximate surface area is 106 Å². The van der Waals surface area contributed by atoms with Crippen LogP contribution in [0.25, 0.3) is 0 Å². The van der Waals surface area contributed by atoms with Crippen molar-refractivity contribution in [3.63, 3.8) is 0 Å². The highest BCUT2D eigenvalue weighted by Crippen LogP contribution is 2.16. The molecule has 0 fully saturated rings. The Balaban J connectivity index is 3.03. The van der Waals surface area contributed by atoms with Gasteiger partial charge < -0.3 is 16.2 Å². The van der Waals surface area contributed by atoms with E-state index in [0.717, 1.165) is 6.26 Å². The minimum absolute atomic E-state index is 0.00954. The van der Waals surface area contributed by atoms with E-state index in [1.54, 1.807) is 0 Å². The molecule has 0 saturated heterocycles. The number of hydrogen-bond acceptors (Lipinski definition) is 5. The largest absolute Gasteiger partial charge is 0.399 e. The van der Waals surface area contributed by atoms with Crippen molar-refractivity contribution < 1.29 is 18.3 Å². The highest BCUT2D eigenvalue weighted by molar-refractivity contribution is 7.90. The molecule has 1 aromatic rings. The molecule has 4 N–H and O–H groups in total. The Morgan fingerprint density at radius 3 is 2.56 bits per heavy atom. The quantitative estimate of drug-likeness (QED) is 0.657. The topological polar surface area (TPSA) is 109 Å². The summed E-state index contributed by atoms with van der Waals surface area (Å²) in [7, 11) is -3.42. The Kier molecular flexibility index (Phi) is 4.31. The van der Waals surface area contributed by atoms with Crippen molar-refractivity contribution in [2.24, 2.45) is 0 Å². The molecule has 0 aliphatic rings. The summed E-state index contributed by atoms with van der Waals surface area (Å²) in [6.45, 7) is 1.61. The molecule has 0 unspecified atom stereocenters. The fourth-order valence-corrected chi connectivity index (χ4v) is 2.00. The number of carbonyl (C=O) groups is 1. The minimum atomic E-state index is -3.42. The van der Waals surface area contributed by atoms with Crippen LogP contribution in [0.5, 0.6) is 0 Å². The van der Waals surface area contributed by atoms with Gasteiger partial charge in [0.15, 0.2) is 9.84 Å². The SMILES string of the molecule is C[C@@H](O)CNC(=O)c1cc(N)cc(S(C)(=O)=O)c1. The first kappa shape index (κ1) is 14.5. The molecule has 1 amide bonds. The van der Waals surface area contributed by atoms with E-state index in [2.05, 4.69) is 5.32 Å². The van der Waals surface area contributed by atoms with Crippen LogP contribution < -0.4 is 11.1 Å². The molecule has 6 nitrogen and oxygen atoms in total. The first-order valence-electron chi connectivity index (χ1n) is 5.27. The van der Waals surface area contributed by atoms with Gasteiger partial charge in [0.05, 0.1) is 11.0 Å². The lowest BCUT2D eigenvalue weighted by Crippen LogP contribution is -2.30. The van der Waals surface area contributed by atoms with Crippen LogP contribution in [0.2, 0.25) is 0 Å². The van der Waals surface area contributed by atoms with Gasteiger partial charge in [-0.1, -0.05) is 0 Å². The first-order chi connectivity index (χ1) is 8.20. The van der Waals surface area contributed by atoms with Crippen LogP contribution in [0.15, 0.2) is 23.1 Å². The zero-order valence-electron chi connectivity index (χ0n) is 10.2. The van der Waals surface area contributed by atoms with Gasteiger partial charge in [0.1, 0.15) is 0 Å². The maximum Gasteiger partial charge on any atom is 0.251 e. The average molecular weight is 272 g/mol. The second-order valence-electron chi connectivity index (χ2n) is 4.12. The monoisotopic (exact) mass is 272 g/mol. The molecule has 1 aromatic carbocycles. The van der Waals surface area contributed by atoms with Gasteiger partial charge in [0.2, 0.25) is 0 Å². The van der Waals surface area contributed by atoms with E-state index >= 15 is 0 Å². The van der Waals surface area contributed by atoms with Crippen LogP contribution in [0.4, 0.5) is 5.69 Å². The summed E-state index contributed by atoms with van der Waals surface area (Å²) in [6, 6.07) is 3.93. The number of rotatable bonds is 4. The third kappa shape index (κ3) is 4.01. The average Bonchev–Trinajstić information content (AvgIpc) is 2.23. The Hall–Kier alpha value is -1.60. The molecule has 1 rings (SSSR count). The Bertz CT molecular complexity index is 552. The lowest BCUT2D eigenvalue weighted by Gasteiger charge is -2.09. The number of sulfone groups is 1. The van der Waals surface area contributed by atoms with E-state index in [4.69, 9.17) is 10.8 Å². The summed E-state index contributed by atoms with van der Waals surface area (Å²) in [5.74, 6) is -0.479. The molecule has 0 radical (unpaired) electrons. The Morgan fingerprint density at radius 2 is 2.06 bits per heavy atom. The standard InChI is InChI=1S/C11H16N2O4S/c1-7(14)6-13-11(15)8-3-9(12)5-10(4-8)18(2,16)17/h3-5,7,14H,6,12H2,1-2H3,(H,13,15)/t7-/m1/s1. The van der Waals surface area contributed by atoms with Crippen molar-refractivity contribution in [3.05, 3.63) is 23.8 Å². The molecular weight excluding hydrogens is 256 g/mol. The van der Waals surface area contributed by atoms with Gasteiger partial charge in [0.25, 0.3) is 5.91 Å². The molecule has 0 saturated carbocycles. The molecule has 7 heteroatoms. The molecule has 0 bridgehead atoms. The van der Waals surface area contributed by atoms with Crippen molar-refractivity contribution in [3.8, 4) is 0 Å². The van der Waals surface area contributed by atoms with Crippen LogP contribution in [0.3, 0.4) is 0 Å². The fraction of sp³-hybridized carbons (Fsp3) is 0.364. The maximum atomic E-state index is 11.7. The van der Waals surface area contributed by atoms with E-state index in [0.29, 0.717) is 0 Å². The third-order valence-electron chi connectivity index (χ3n) is 2.18. The van der Waals surface area contributed by atoms with Crippen LogP contribution >= 0.6 is 0 Å². The van der Waals surface area contributed by atoms with Crippen molar-refractivity contribution in [1.82, 2.24) is 5.32 Å². The van der Waals surface area contributed by atoms with E-state index in [9.17, 15) is 13.2 Å². The van der Waals surface area contributed by atoms with Crippen molar-refractivity contribution in [2.45, 2.75) is 17.9 Å². The number of aliphatic hydroxyl groups excluding tert-OH is 1. The smallest absolute Gasteiger partial charge is 0.251 e. The maximum absolute atomic E-state index is 11.7. The molecular formula is C11H16N2O4S. The summed E-state index contributed by atoms with van der Waals surface area (Å²) >= 11 is 0. The number of amides is 1. The van der Waals surface area contributed by atoms with E-state index in [1.807, 2.05) is 0 Å². The molecule has 0 aliphatic carbocycles. The molecule has 0 spiro atoms. The third-order valence-corrected chi connectivity index (χ3v) is 3.27. The molecule has 18 heavy (non-hydrogen) atoms. The van der Waals surface area contributed by atoms with Crippen molar-refractivity contribution in [2.75, 3.05) is 18.5 Å². The Morgan fingerprint density at radius 1 is 1.44 bits per heavy atom. The van der Waals surface area contributed by atoms with E-state index in [1.165, 1.54) is 25.1 Å². The van der Waals surface area contributed by atoms with Crippen LogP contribution in [-0.2, 0) is 9.84 Å². The van der Waals surface area contributed by atoms with Crippen LogP contribution in [0, 0.1) is 0 Å². The lowest BCUT2D eigenvalue weighted by molar-refractivity contribution is 0.0924. The minimum Gasteiger partial charge on any atom is -0.399 e. The normalized spacial score (nSPS) is 13.1. The molecule has 0 heterocycles. The predicted octanol–water partition coefficient (Wildman–Crippen LogP) is -0.217. The van der Waals surface area contributed by atoms with Gasteiger partial charge in [-0.15, -0.1) is 0 Å². The van der Waals surface area contributed by atoms with Crippen LogP contribution in [0.1, 0.15) is 17.3 Å². The number of aliphatic hydroxyl groups is 1. The summed E-state index contributed by atoms with van der Waals surface area (Å²) in [4.78, 5) is 11.7. The van der Waals surface area contributed by atoms with Gasteiger partial charge in [-0.2, -0.15) is 0 Å². The van der Waals surface area contributed by atoms with Crippen LogP contribution in [-0.4, -0.2) is 38.3 Å². The van der Waals surface area contributed by atoms with Crippen molar-refractivity contribution >= 4 is 21.4 Å². The zero-order chi connectivity index (χ0) is 13.9. The summed E-state index contributed by atoms with van der Waals surface area (Å²) in [5, 5.41) is 11.5. The van der Waals surface area contributed by atoms with Gasteiger partial charge >= 0.3 is 0 Å². The number of nitrogens with one attached hydrogen (secondary N) is 1. The van der Waals surface area contributed by atoms with Gasteiger partial charge in [-0.05, 0) is 25.1 Å².